The molecule has 0 fully saturated rings. The maximum absolute atomic E-state index is 11.7. The number of hydrogen-bond donors (Lipinski definition) is 1. The van der Waals surface area contributed by atoms with Gasteiger partial charge < -0.3 is 10.5 Å². The van der Waals surface area contributed by atoms with Crippen molar-refractivity contribution in [1.82, 2.24) is 0 Å². The third kappa shape index (κ3) is 2.04. The van der Waals surface area contributed by atoms with E-state index < -0.39 is 0 Å². The molecule has 0 aromatic heterocycles. The Morgan fingerprint density at radius 3 is 3.11 bits per heavy atom. The highest BCUT2D eigenvalue weighted by Crippen LogP contribution is 2.47. The Hall–Kier alpha value is -1.42. The van der Waals surface area contributed by atoms with Crippen molar-refractivity contribution in [2.45, 2.75) is 25.0 Å². The third-order valence-corrected chi connectivity index (χ3v) is 4.92. The van der Waals surface area contributed by atoms with Gasteiger partial charge in [-0.2, -0.15) is 0 Å². The number of hydrogen-bond acceptors (Lipinski definition) is 3. The van der Waals surface area contributed by atoms with E-state index in [-0.39, 0.29) is 11.2 Å². The minimum atomic E-state index is -0.239. The van der Waals surface area contributed by atoms with Crippen LogP contribution in [-0.2, 0) is 11.2 Å². The Morgan fingerprint density at radius 2 is 2.37 bits per heavy atom. The molecule has 1 heterocycles. The summed E-state index contributed by atoms with van der Waals surface area (Å²) in [5.41, 5.74) is 10.5. The predicted octanol–water partition coefficient (Wildman–Crippen LogP) is 2.39. The average Bonchev–Trinajstić information content (AvgIpc) is 2.78. The lowest BCUT2D eigenvalue weighted by Crippen LogP contribution is -2.29. The third-order valence-electron chi connectivity index (χ3n) is 3.68. The first-order valence-electron chi connectivity index (χ1n) is 6.60. The van der Waals surface area contributed by atoms with E-state index in [1.54, 1.807) is 11.8 Å². The Labute approximate surface area is 117 Å². The van der Waals surface area contributed by atoms with E-state index in [0.29, 0.717) is 6.61 Å². The number of thioether (sulfide) groups is 1. The van der Waals surface area contributed by atoms with Crippen LogP contribution >= 0.6 is 11.8 Å². The molecule has 2 N–H and O–H groups in total. The summed E-state index contributed by atoms with van der Waals surface area (Å²) in [6.07, 6.45) is 1.99. The Balaban J connectivity index is 2.12. The highest BCUT2D eigenvalue weighted by atomic mass is 32.2. The molecule has 3 rings (SSSR count). The zero-order chi connectivity index (χ0) is 13.4. The molecule has 100 valence electrons. The second-order valence-electron chi connectivity index (χ2n) is 4.82. The largest absolute Gasteiger partial charge is 0.493 e. The summed E-state index contributed by atoms with van der Waals surface area (Å²) < 4.78 is 5.73. The van der Waals surface area contributed by atoms with Crippen LogP contribution in [0.1, 0.15) is 24.5 Å². The second kappa shape index (κ2) is 4.93. The molecule has 1 aliphatic heterocycles. The van der Waals surface area contributed by atoms with Gasteiger partial charge in [-0.15, -0.1) is 11.8 Å². The molecule has 0 bridgehead atoms. The molecule has 19 heavy (non-hydrogen) atoms. The number of allylic oxidation sites excluding steroid dienone is 1. The number of benzene rings is 1. The molecule has 1 aromatic carbocycles. The van der Waals surface area contributed by atoms with Crippen molar-refractivity contribution in [2.24, 2.45) is 5.73 Å². The molecule has 0 spiro atoms. The number of primary amides is 1. The standard InChI is InChI=1S/C15H17NO2S/c1-2-18-11-5-3-4-9-8-10-6-7-19-14(15(16)17)13(10)12(9)11/h3-5,14H,2,6-8H2,1H3,(H2,16,17). The average molecular weight is 275 g/mol. The van der Waals surface area contributed by atoms with Crippen LogP contribution in [0.2, 0.25) is 0 Å². The molecule has 0 saturated carbocycles. The first kappa shape index (κ1) is 12.6. The van der Waals surface area contributed by atoms with Gasteiger partial charge in [0.15, 0.2) is 0 Å². The molecule has 1 amide bonds. The van der Waals surface area contributed by atoms with Gasteiger partial charge in [-0.05, 0) is 42.7 Å². The molecule has 0 radical (unpaired) electrons. The van der Waals surface area contributed by atoms with Crippen LogP contribution in [0, 0.1) is 0 Å². The van der Waals surface area contributed by atoms with Crippen LogP contribution in [0.3, 0.4) is 0 Å². The fourth-order valence-electron chi connectivity index (χ4n) is 2.95. The Bertz CT molecular complexity index is 565. The summed E-state index contributed by atoms with van der Waals surface area (Å²) in [5.74, 6) is 1.62. The van der Waals surface area contributed by atoms with Gasteiger partial charge in [-0.25, -0.2) is 0 Å². The Morgan fingerprint density at radius 1 is 1.53 bits per heavy atom. The number of amides is 1. The van der Waals surface area contributed by atoms with Crippen LogP contribution in [0.5, 0.6) is 5.75 Å². The van der Waals surface area contributed by atoms with Gasteiger partial charge in [-0.1, -0.05) is 17.7 Å². The lowest BCUT2D eigenvalue weighted by Gasteiger charge is -2.23. The highest BCUT2D eigenvalue weighted by molar-refractivity contribution is 8.01. The molecule has 1 aromatic rings. The van der Waals surface area contributed by atoms with Gasteiger partial charge >= 0.3 is 0 Å². The minimum Gasteiger partial charge on any atom is -0.493 e. The van der Waals surface area contributed by atoms with Crippen molar-refractivity contribution in [2.75, 3.05) is 12.4 Å². The van der Waals surface area contributed by atoms with Crippen LogP contribution in [0.15, 0.2) is 23.8 Å². The van der Waals surface area contributed by atoms with Crippen molar-refractivity contribution in [3.8, 4) is 5.75 Å². The SMILES string of the molecule is CCOc1cccc2c1C1=C(CCSC1C(N)=O)C2. The summed E-state index contributed by atoms with van der Waals surface area (Å²) in [6.45, 7) is 2.61. The summed E-state index contributed by atoms with van der Waals surface area (Å²) in [5, 5.41) is -0.216. The van der Waals surface area contributed by atoms with Crippen molar-refractivity contribution < 1.29 is 9.53 Å². The van der Waals surface area contributed by atoms with E-state index in [1.807, 2.05) is 19.1 Å². The molecule has 2 aliphatic rings. The molecule has 1 aliphatic carbocycles. The number of rotatable bonds is 3. The number of fused-ring (bicyclic) bond motifs is 2. The van der Waals surface area contributed by atoms with Crippen molar-refractivity contribution >= 4 is 23.2 Å². The topological polar surface area (TPSA) is 52.3 Å². The molecule has 1 atom stereocenters. The number of carbonyl (C=O) groups excluding carboxylic acids is 1. The van der Waals surface area contributed by atoms with Gasteiger partial charge in [0.25, 0.3) is 0 Å². The number of ether oxygens (including phenoxy) is 1. The smallest absolute Gasteiger partial charge is 0.235 e. The zero-order valence-electron chi connectivity index (χ0n) is 10.9. The predicted molar refractivity (Wildman–Crippen MR) is 78.3 cm³/mol. The van der Waals surface area contributed by atoms with Gasteiger partial charge in [0, 0.05) is 5.56 Å². The summed E-state index contributed by atoms with van der Waals surface area (Å²) in [7, 11) is 0. The van der Waals surface area contributed by atoms with Gasteiger partial charge in [0.05, 0.1) is 6.61 Å². The lowest BCUT2D eigenvalue weighted by atomic mass is 9.99. The van der Waals surface area contributed by atoms with Crippen LogP contribution in [0.4, 0.5) is 0 Å². The van der Waals surface area contributed by atoms with Crippen molar-refractivity contribution in [3.05, 3.63) is 34.9 Å². The fourth-order valence-corrected chi connectivity index (χ4v) is 4.17. The van der Waals surface area contributed by atoms with E-state index in [2.05, 4.69) is 6.07 Å². The Kier molecular flexibility index (Phi) is 3.27. The first-order valence-corrected chi connectivity index (χ1v) is 7.65. The fraction of sp³-hybridized carbons (Fsp3) is 0.400. The summed E-state index contributed by atoms with van der Waals surface area (Å²) in [6, 6.07) is 6.13. The highest BCUT2D eigenvalue weighted by Gasteiger charge is 2.35. The van der Waals surface area contributed by atoms with E-state index in [1.165, 1.54) is 11.1 Å². The van der Waals surface area contributed by atoms with Crippen LogP contribution in [0.25, 0.3) is 5.57 Å². The number of nitrogens with two attached hydrogens (primary N) is 1. The normalized spacial score (nSPS) is 21.0. The van der Waals surface area contributed by atoms with Crippen LogP contribution in [-0.4, -0.2) is 23.5 Å². The number of carbonyl (C=O) groups is 1. The molecule has 4 heteroatoms. The maximum Gasteiger partial charge on any atom is 0.235 e. The quantitative estimate of drug-likeness (QED) is 0.921. The van der Waals surface area contributed by atoms with Gasteiger partial charge in [0.2, 0.25) is 5.91 Å². The first-order chi connectivity index (χ1) is 9.22. The molecular weight excluding hydrogens is 258 g/mol. The maximum atomic E-state index is 11.7. The van der Waals surface area contributed by atoms with Crippen molar-refractivity contribution in [3.63, 3.8) is 0 Å². The lowest BCUT2D eigenvalue weighted by molar-refractivity contribution is -0.116. The minimum absolute atomic E-state index is 0.216. The molecule has 3 nitrogen and oxygen atoms in total. The zero-order valence-corrected chi connectivity index (χ0v) is 11.8. The molecule has 1 unspecified atom stereocenters. The molecular formula is C15H17NO2S. The van der Waals surface area contributed by atoms with E-state index in [0.717, 1.165) is 35.5 Å². The summed E-state index contributed by atoms with van der Waals surface area (Å²) in [4.78, 5) is 11.7. The van der Waals surface area contributed by atoms with E-state index >= 15 is 0 Å². The molecule has 0 saturated heterocycles. The second-order valence-corrected chi connectivity index (χ2v) is 6.03. The van der Waals surface area contributed by atoms with Crippen molar-refractivity contribution in [1.29, 1.82) is 0 Å². The monoisotopic (exact) mass is 275 g/mol. The van der Waals surface area contributed by atoms with Gasteiger partial charge in [-0.3, -0.25) is 4.79 Å². The van der Waals surface area contributed by atoms with E-state index in [4.69, 9.17) is 10.5 Å². The summed E-state index contributed by atoms with van der Waals surface area (Å²) >= 11 is 1.65. The van der Waals surface area contributed by atoms with Crippen LogP contribution < -0.4 is 10.5 Å². The van der Waals surface area contributed by atoms with E-state index in [9.17, 15) is 4.79 Å². The van der Waals surface area contributed by atoms with Gasteiger partial charge in [0.1, 0.15) is 11.0 Å².